The molecule has 1 fully saturated rings. The molecule has 1 atom stereocenters. The Bertz CT molecular complexity index is 251. The number of nitrogens with one attached hydrogen (secondary N) is 1. The molecule has 1 aliphatic carbocycles. The maximum Gasteiger partial charge on any atom is 0.224 e. The summed E-state index contributed by atoms with van der Waals surface area (Å²) < 4.78 is 5.82. The first kappa shape index (κ1) is 16.4. The summed E-state index contributed by atoms with van der Waals surface area (Å²) in [4.78, 5) is 11.8. The lowest BCUT2D eigenvalue weighted by Gasteiger charge is -2.22. The van der Waals surface area contributed by atoms with Gasteiger partial charge in [0.1, 0.15) is 0 Å². The van der Waals surface area contributed by atoms with E-state index in [0.29, 0.717) is 25.1 Å². The lowest BCUT2D eigenvalue weighted by atomic mass is 9.95. The van der Waals surface area contributed by atoms with E-state index in [4.69, 9.17) is 10.5 Å². The number of ether oxygens (including phenoxy) is 1. The molecule has 1 saturated carbocycles. The molecule has 0 spiro atoms. The highest BCUT2D eigenvalue weighted by Crippen LogP contribution is 2.20. The average Bonchev–Trinajstić information content (AvgIpc) is 2.40. The van der Waals surface area contributed by atoms with Crippen LogP contribution in [0.25, 0.3) is 0 Å². The Morgan fingerprint density at radius 2 is 2.00 bits per heavy atom. The zero-order valence-electron chi connectivity index (χ0n) is 12.5. The van der Waals surface area contributed by atoms with Crippen LogP contribution in [0.5, 0.6) is 0 Å². The third-order valence-electron chi connectivity index (χ3n) is 3.92. The van der Waals surface area contributed by atoms with Crippen molar-refractivity contribution >= 4 is 5.91 Å². The topological polar surface area (TPSA) is 64.4 Å². The van der Waals surface area contributed by atoms with Crippen LogP contribution in [0.2, 0.25) is 0 Å². The van der Waals surface area contributed by atoms with Crippen molar-refractivity contribution in [3.8, 4) is 0 Å². The summed E-state index contributed by atoms with van der Waals surface area (Å²) in [6.07, 6.45) is 7.70. The van der Waals surface area contributed by atoms with Gasteiger partial charge in [0.2, 0.25) is 5.91 Å². The molecule has 1 unspecified atom stereocenters. The summed E-state index contributed by atoms with van der Waals surface area (Å²) in [6.45, 7) is 5.92. The van der Waals surface area contributed by atoms with Crippen LogP contribution in [-0.2, 0) is 9.53 Å². The number of nitrogens with two attached hydrogens (primary N) is 1. The van der Waals surface area contributed by atoms with Gasteiger partial charge in [-0.25, -0.2) is 0 Å². The van der Waals surface area contributed by atoms with E-state index in [1.165, 1.54) is 32.1 Å². The summed E-state index contributed by atoms with van der Waals surface area (Å²) >= 11 is 0. The highest BCUT2D eigenvalue weighted by atomic mass is 16.5. The zero-order valence-corrected chi connectivity index (χ0v) is 12.5. The second kappa shape index (κ2) is 9.32. The van der Waals surface area contributed by atoms with Gasteiger partial charge in [0, 0.05) is 19.7 Å². The molecule has 1 aliphatic rings. The van der Waals surface area contributed by atoms with Crippen LogP contribution in [0.15, 0.2) is 0 Å². The third kappa shape index (κ3) is 6.39. The molecule has 0 aromatic rings. The highest BCUT2D eigenvalue weighted by Gasteiger charge is 2.19. The SMILES string of the molecule is CC(C)C(CN)C(=O)NCCCOC1CCCCC1. The molecule has 0 heterocycles. The van der Waals surface area contributed by atoms with Gasteiger partial charge < -0.3 is 15.8 Å². The van der Waals surface area contributed by atoms with Crippen LogP contribution >= 0.6 is 0 Å². The summed E-state index contributed by atoms with van der Waals surface area (Å²) in [5.74, 6) is 0.304. The van der Waals surface area contributed by atoms with Crippen LogP contribution in [-0.4, -0.2) is 31.7 Å². The molecule has 0 aromatic heterocycles. The Balaban J connectivity index is 2.04. The summed E-state index contributed by atoms with van der Waals surface area (Å²) in [7, 11) is 0. The van der Waals surface area contributed by atoms with Crippen molar-refractivity contribution in [2.45, 2.75) is 58.5 Å². The molecule has 112 valence electrons. The van der Waals surface area contributed by atoms with Gasteiger partial charge in [0.15, 0.2) is 0 Å². The van der Waals surface area contributed by atoms with E-state index in [0.717, 1.165) is 13.0 Å². The third-order valence-corrected chi connectivity index (χ3v) is 3.92. The minimum Gasteiger partial charge on any atom is -0.378 e. The number of carbonyl (C=O) groups excluding carboxylic acids is 1. The van der Waals surface area contributed by atoms with Crippen LogP contribution in [0.4, 0.5) is 0 Å². The monoisotopic (exact) mass is 270 g/mol. The minimum absolute atomic E-state index is 0.0701. The van der Waals surface area contributed by atoms with Crippen LogP contribution < -0.4 is 11.1 Å². The van der Waals surface area contributed by atoms with Crippen molar-refractivity contribution in [2.24, 2.45) is 17.6 Å². The first-order valence-corrected chi connectivity index (χ1v) is 7.74. The molecule has 1 rings (SSSR count). The van der Waals surface area contributed by atoms with Gasteiger partial charge in [-0.1, -0.05) is 33.1 Å². The van der Waals surface area contributed by atoms with E-state index in [1.54, 1.807) is 0 Å². The second-order valence-corrected chi connectivity index (χ2v) is 5.86. The first-order valence-electron chi connectivity index (χ1n) is 7.74. The van der Waals surface area contributed by atoms with Gasteiger partial charge in [0.05, 0.1) is 12.0 Å². The number of hydrogen-bond acceptors (Lipinski definition) is 3. The van der Waals surface area contributed by atoms with Crippen molar-refractivity contribution in [1.29, 1.82) is 0 Å². The lowest BCUT2D eigenvalue weighted by Crippen LogP contribution is -2.38. The van der Waals surface area contributed by atoms with Crippen molar-refractivity contribution in [1.82, 2.24) is 5.32 Å². The Labute approximate surface area is 117 Å². The standard InChI is InChI=1S/C15H30N2O2/c1-12(2)14(11-16)15(18)17-9-6-10-19-13-7-4-3-5-8-13/h12-14H,3-11,16H2,1-2H3,(H,17,18). The van der Waals surface area contributed by atoms with Gasteiger partial charge in [-0.05, 0) is 25.2 Å². The number of hydrogen-bond donors (Lipinski definition) is 2. The average molecular weight is 270 g/mol. The molecular formula is C15H30N2O2. The largest absolute Gasteiger partial charge is 0.378 e. The maximum absolute atomic E-state index is 11.8. The van der Waals surface area contributed by atoms with Gasteiger partial charge in [0.25, 0.3) is 0 Å². The Morgan fingerprint density at radius 3 is 2.58 bits per heavy atom. The second-order valence-electron chi connectivity index (χ2n) is 5.86. The Hall–Kier alpha value is -0.610. The number of amides is 1. The normalized spacial score (nSPS) is 18.5. The van der Waals surface area contributed by atoms with Gasteiger partial charge in [-0.3, -0.25) is 4.79 Å². The summed E-state index contributed by atoms with van der Waals surface area (Å²) in [6, 6.07) is 0. The number of carbonyl (C=O) groups is 1. The summed E-state index contributed by atoms with van der Waals surface area (Å²) in [5, 5.41) is 2.95. The fraction of sp³-hybridized carbons (Fsp3) is 0.933. The van der Waals surface area contributed by atoms with Gasteiger partial charge in [-0.15, -0.1) is 0 Å². The summed E-state index contributed by atoms with van der Waals surface area (Å²) in [5.41, 5.74) is 5.62. The van der Waals surface area contributed by atoms with E-state index in [-0.39, 0.29) is 11.8 Å². The van der Waals surface area contributed by atoms with Crippen LogP contribution in [0, 0.1) is 11.8 Å². The maximum atomic E-state index is 11.8. The lowest BCUT2D eigenvalue weighted by molar-refractivity contribution is -0.126. The highest BCUT2D eigenvalue weighted by molar-refractivity contribution is 5.79. The molecule has 0 aromatic carbocycles. The quantitative estimate of drug-likeness (QED) is 0.664. The smallest absolute Gasteiger partial charge is 0.224 e. The van der Waals surface area contributed by atoms with Crippen molar-refractivity contribution in [3.63, 3.8) is 0 Å². The first-order chi connectivity index (χ1) is 9.15. The van der Waals surface area contributed by atoms with Crippen molar-refractivity contribution in [3.05, 3.63) is 0 Å². The molecule has 4 nitrogen and oxygen atoms in total. The Morgan fingerprint density at radius 1 is 1.32 bits per heavy atom. The molecule has 3 N–H and O–H groups in total. The van der Waals surface area contributed by atoms with E-state index >= 15 is 0 Å². The molecule has 0 bridgehead atoms. The predicted octanol–water partition coefficient (Wildman–Crippen LogP) is 2.07. The molecule has 19 heavy (non-hydrogen) atoms. The van der Waals surface area contributed by atoms with E-state index in [2.05, 4.69) is 5.32 Å². The molecule has 0 saturated heterocycles. The van der Waals surface area contributed by atoms with Crippen molar-refractivity contribution < 1.29 is 9.53 Å². The Kier molecular flexibility index (Phi) is 8.07. The van der Waals surface area contributed by atoms with Gasteiger partial charge >= 0.3 is 0 Å². The molecule has 4 heteroatoms. The van der Waals surface area contributed by atoms with E-state index < -0.39 is 0 Å². The van der Waals surface area contributed by atoms with Crippen LogP contribution in [0.1, 0.15) is 52.4 Å². The van der Waals surface area contributed by atoms with Crippen molar-refractivity contribution in [2.75, 3.05) is 19.7 Å². The zero-order chi connectivity index (χ0) is 14.1. The molecular weight excluding hydrogens is 240 g/mol. The fourth-order valence-corrected chi connectivity index (χ4v) is 2.58. The van der Waals surface area contributed by atoms with Crippen LogP contribution in [0.3, 0.4) is 0 Å². The molecule has 0 aliphatic heterocycles. The van der Waals surface area contributed by atoms with E-state index in [1.807, 2.05) is 13.8 Å². The number of rotatable bonds is 8. The molecule has 0 radical (unpaired) electrons. The molecule has 1 amide bonds. The van der Waals surface area contributed by atoms with Gasteiger partial charge in [-0.2, -0.15) is 0 Å². The minimum atomic E-state index is -0.0701. The fourth-order valence-electron chi connectivity index (χ4n) is 2.58. The predicted molar refractivity (Wildman–Crippen MR) is 77.8 cm³/mol. The van der Waals surface area contributed by atoms with E-state index in [9.17, 15) is 4.79 Å².